The quantitative estimate of drug-likeness (QED) is 0.279. The molecule has 5 aromatic heterocycles. The van der Waals surface area contributed by atoms with Crippen LogP contribution >= 0.6 is 11.3 Å². The summed E-state index contributed by atoms with van der Waals surface area (Å²) in [6.07, 6.45) is 8.28. The number of nitrogen functional groups attached to an aromatic ring is 1. The van der Waals surface area contributed by atoms with E-state index in [0.29, 0.717) is 40.8 Å². The number of pyridine rings is 2. The van der Waals surface area contributed by atoms with Crippen LogP contribution in [-0.2, 0) is 0 Å². The van der Waals surface area contributed by atoms with Crippen molar-refractivity contribution in [3.63, 3.8) is 0 Å². The molecule has 1 amide bonds. The summed E-state index contributed by atoms with van der Waals surface area (Å²) in [5.41, 5.74) is 9.86. The van der Waals surface area contributed by atoms with Crippen molar-refractivity contribution in [1.82, 2.24) is 34.8 Å². The Kier molecular flexibility index (Phi) is 7.56. The van der Waals surface area contributed by atoms with E-state index in [9.17, 15) is 4.79 Å². The lowest BCUT2D eigenvalue weighted by Gasteiger charge is -2.34. The first-order valence-corrected chi connectivity index (χ1v) is 14.4. The van der Waals surface area contributed by atoms with E-state index in [1.54, 1.807) is 29.2 Å². The van der Waals surface area contributed by atoms with Crippen molar-refractivity contribution < 1.29 is 9.53 Å². The molecule has 0 spiro atoms. The molecule has 1 atom stereocenters. The van der Waals surface area contributed by atoms with Gasteiger partial charge in [-0.15, -0.1) is 11.3 Å². The van der Waals surface area contributed by atoms with Crippen molar-refractivity contribution in [1.29, 1.82) is 5.26 Å². The molecule has 6 rings (SSSR count). The van der Waals surface area contributed by atoms with Crippen LogP contribution in [0.3, 0.4) is 0 Å². The van der Waals surface area contributed by atoms with Crippen LogP contribution < -0.4 is 20.7 Å². The highest BCUT2D eigenvalue weighted by molar-refractivity contribution is 7.21. The van der Waals surface area contributed by atoms with Crippen molar-refractivity contribution in [3.8, 4) is 23.1 Å². The highest BCUT2D eigenvalue weighted by Gasteiger charge is 2.28. The Hall–Kier alpha value is -4.80. The molecule has 0 aliphatic carbocycles. The van der Waals surface area contributed by atoms with Gasteiger partial charge >= 0.3 is 0 Å². The van der Waals surface area contributed by atoms with Crippen molar-refractivity contribution in [2.24, 2.45) is 0 Å². The number of carbonyl (C=O) groups excluding carboxylic acids is 1. The molecule has 1 saturated heterocycles. The van der Waals surface area contributed by atoms with Crippen LogP contribution in [-0.4, -0.2) is 81.8 Å². The predicted molar refractivity (Wildman–Crippen MR) is 162 cm³/mol. The van der Waals surface area contributed by atoms with Crippen molar-refractivity contribution in [3.05, 3.63) is 59.8 Å². The fourth-order valence-corrected chi connectivity index (χ4v) is 6.23. The Morgan fingerprint density at radius 2 is 2.17 bits per heavy atom. The molecule has 12 nitrogen and oxygen atoms in total. The lowest BCUT2D eigenvalue weighted by Crippen LogP contribution is -2.47. The van der Waals surface area contributed by atoms with E-state index in [-0.39, 0.29) is 11.9 Å². The molecule has 6 heterocycles. The van der Waals surface area contributed by atoms with Gasteiger partial charge in [-0.3, -0.25) is 9.78 Å². The molecular formula is C29H30N10O2S. The molecule has 0 bridgehead atoms. The standard InChI is InChI=1S/C29H30N10O2S/c1-37(2)10-11-41-26-21-15-32-8-7-24(21)42-27(26)29(40)36-20-4-3-9-38(16-20)23-12-22(18-5-6-19(13-30)33-14-18)39-25(23)28(31)34-17-35-39/h5-8,12,14-15,17,20H,3-4,9-11,16H2,1-2H3,(H,36,40)(H2,31,34,35)/t20-/m1/s1. The third-order valence-corrected chi connectivity index (χ3v) is 8.42. The van der Waals surface area contributed by atoms with Gasteiger partial charge in [0.2, 0.25) is 0 Å². The molecule has 42 heavy (non-hydrogen) atoms. The monoisotopic (exact) mass is 582 g/mol. The molecule has 1 aliphatic heterocycles. The number of nitrogens with zero attached hydrogens (tertiary/aromatic N) is 8. The van der Waals surface area contributed by atoms with Gasteiger partial charge in [0.15, 0.2) is 11.6 Å². The smallest absolute Gasteiger partial charge is 0.265 e. The first kappa shape index (κ1) is 27.4. The number of anilines is 2. The SMILES string of the molecule is CN(C)CCOc1c(C(=O)N[C@@H]2CCCN(c3cc(-c4ccc(C#N)nc4)n4ncnc(N)c34)C2)sc2ccncc12. The fraction of sp³-hybridized carbons (Fsp3) is 0.310. The third kappa shape index (κ3) is 5.29. The zero-order chi connectivity index (χ0) is 29.2. The largest absolute Gasteiger partial charge is 0.490 e. The minimum atomic E-state index is -0.156. The van der Waals surface area contributed by atoms with E-state index in [2.05, 4.69) is 30.3 Å². The Labute approximate surface area is 246 Å². The fourth-order valence-electron chi connectivity index (χ4n) is 5.21. The first-order chi connectivity index (χ1) is 20.4. The molecule has 214 valence electrons. The summed E-state index contributed by atoms with van der Waals surface area (Å²) >= 11 is 1.42. The number of carbonyl (C=O) groups is 1. The van der Waals surface area contributed by atoms with Gasteiger partial charge in [-0.2, -0.15) is 10.4 Å². The number of nitrogens with one attached hydrogen (secondary N) is 1. The van der Waals surface area contributed by atoms with E-state index in [1.165, 1.54) is 17.7 Å². The van der Waals surface area contributed by atoms with E-state index >= 15 is 0 Å². The molecule has 13 heteroatoms. The number of fused-ring (bicyclic) bond motifs is 2. The number of ether oxygens (including phenoxy) is 1. The summed E-state index contributed by atoms with van der Waals surface area (Å²) in [6.45, 7) is 2.58. The predicted octanol–water partition coefficient (Wildman–Crippen LogP) is 3.19. The maximum atomic E-state index is 13.6. The van der Waals surface area contributed by atoms with Crippen LogP contribution in [0.5, 0.6) is 5.75 Å². The minimum absolute atomic E-state index is 0.0925. The maximum absolute atomic E-state index is 13.6. The van der Waals surface area contributed by atoms with Crippen LogP contribution in [0, 0.1) is 11.3 Å². The number of amides is 1. The number of nitriles is 1. The lowest BCUT2D eigenvalue weighted by atomic mass is 10.0. The van der Waals surface area contributed by atoms with Gasteiger partial charge in [0, 0.05) is 54.5 Å². The molecule has 1 fully saturated rings. The molecule has 5 aromatic rings. The Balaban J connectivity index is 1.26. The molecule has 0 saturated carbocycles. The van der Waals surface area contributed by atoms with Gasteiger partial charge in [0.05, 0.1) is 16.8 Å². The van der Waals surface area contributed by atoms with E-state index in [1.807, 2.05) is 43.3 Å². The summed E-state index contributed by atoms with van der Waals surface area (Å²) in [5, 5.41) is 17.7. The molecule has 0 aromatic carbocycles. The van der Waals surface area contributed by atoms with Crippen LogP contribution in [0.25, 0.3) is 26.9 Å². The zero-order valence-electron chi connectivity index (χ0n) is 23.3. The van der Waals surface area contributed by atoms with Gasteiger partial charge in [0.25, 0.3) is 5.91 Å². The Morgan fingerprint density at radius 3 is 2.95 bits per heavy atom. The van der Waals surface area contributed by atoms with Crippen molar-refractivity contribution in [2.45, 2.75) is 18.9 Å². The van der Waals surface area contributed by atoms with Crippen molar-refractivity contribution in [2.75, 3.05) is 51.0 Å². The number of nitrogens with two attached hydrogens (primary N) is 1. The molecule has 1 aliphatic rings. The highest BCUT2D eigenvalue weighted by Crippen LogP contribution is 2.38. The molecule has 3 N–H and O–H groups in total. The number of likely N-dealkylation sites (N-methyl/N-ethyl adjacent to an activating group) is 1. The lowest BCUT2D eigenvalue weighted by molar-refractivity contribution is 0.0933. The maximum Gasteiger partial charge on any atom is 0.265 e. The van der Waals surface area contributed by atoms with Crippen LogP contribution in [0.15, 0.2) is 49.2 Å². The van der Waals surface area contributed by atoms with Gasteiger partial charge in [-0.25, -0.2) is 14.5 Å². The van der Waals surface area contributed by atoms with Crippen LogP contribution in [0.4, 0.5) is 11.5 Å². The highest BCUT2D eigenvalue weighted by atomic mass is 32.1. The summed E-state index contributed by atoms with van der Waals surface area (Å²) in [7, 11) is 3.97. The second-order valence-corrected chi connectivity index (χ2v) is 11.5. The zero-order valence-corrected chi connectivity index (χ0v) is 24.1. The van der Waals surface area contributed by atoms with Crippen LogP contribution in [0.2, 0.25) is 0 Å². The average molecular weight is 583 g/mol. The van der Waals surface area contributed by atoms with E-state index in [0.717, 1.165) is 53.0 Å². The number of rotatable bonds is 8. The van der Waals surface area contributed by atoms with Gasteiger partial charge < -0.3 is 25.6 Å². The summed E-state index contributed by atoms with van der Waals surface area (Å²) < 4.78 is 8.84. The van der Waals surface area contributed by atoms with Crippen LogP contribution in [0.1, 0.15) is 28.2 Å². The van der Waals surface area contributed by atoms with Gasteiger partial charge in [-0.1, -0.05) is 0 Å². The summed E-state index contributed by atoms with van der Waals surface area (Å²) in [4.78, 5) is 31.2. The van der Waals surface area contributed by atoms with Gasteiger partial charge in [-0.05, 0) is 51.2 Å². The second kappa shape index (κ2) is 11.6. The van der Waals surface area contributed by atoms with Gasteiger partial charge in [0.1, 0.15) is 35.1 Å². The first-order valence-electron chi connectivity index (χ1n) is 13.6. The number of thiophene rings is 1. The third-order valence-electron chi connectivity index (χ3n) is 7.27. The summed E-state index contributed by atoms with van der Waals surface area (Å²) in [5.74, 6) is 0.786. The Morgan fingerprint density at radius 1 is 1.29 bits per heavy atom. The molecule has 0 unspecified atom stereocenters. The number of hydrogen-bond acceptors (Lipinski definition) is 11. The van der Waals surface area contributed by atoms with E-state index in [4.69, 9.17) is 15.7 Å². The average Bonchev–Trinajstić information content (AvgIpc) is 3.57. The van der Waals surface area contributed by atoms with E-state index < -0.39 is 0 Å². The second-order valence-electron chi connectivity index (χ2n) is 10.4. The number of hydrogen-bond donors (Lipinski definition) is 2. The van der Waals surface area contributed by atoms with Crippen molar-refractivity contribution >= 4 is 44.4 Å². The summed E-state index contributed by atoms with van der Waals surface area (Å²) in [6, 6.07) is 9.39. The molecular weight excluding hydrogens is 552 g/mol. The number of piperidine rings is 1. The number of aromatic nitrogens is 5. The normalized spacial score (nSPS) is 15.3. The Bertz CT molecular complexity index is 1790. The topological polar surface area (TPSA) is 151 Å². The minimum Gasteiger partial charge on any atom is -0.490 e. The molecule has 0 radical (unpaired) electrons.